The van der Waals surface area contributed by atoms with Crippen LogP contribution in [-0.2, 0) is 91.4 Å². The Labute approximate surface area is 572 Å². The number of aromatic nitrogens is 7. The summed E-state index contributed by atoms with van der Waals surface area (Å²) in [5.41, 5.74) is 14.4. The SMILES string of the molecule is NCCCC[C@@H]1NC(=O)CCCCCn2cc(nn2)CCC[C@@H](C(N)=O)NC(=O)[C@@H]2CCCN2C(=O)[C@H](Cc2ccc(O)cc2)NC(=O)[C@H](Cc2cnc[nH]2)NC(=O)[C@H](CC(=O)O)CC(=O)[C@H](Cc2c[nH]c3ccc(F)cc23)NC(=O)[C@H](Cc2c[nH]c3ccc(F)cc23)NC(=O)CNC1=O. The van der Waals surface area contributed by atoms with Gasteiger partial charge in [0.2, 0.25) is 53.2 Å². The number of ketones is 1. The minimum absolute atomic E-state index is 0.0413. The third-order valence-electron chi connectivity index (χ3n) is 17.8. The van der Waals surface area contributed by atoms with Gasteiger partial charge in [-0.15, -0.1) is 5.10 Å². The van der Waals surface area contributed by atoms with Gasteiger partial charge in [-0.3, -0.25) is 57.4 Å². The van der Waals surface area contributed by atoms with Crippen LogP contribution >= 0.6 is 0 Å². The summed E-state index contributed by atoms with van der Waals surface area (Å²) in [6.45, 7) is 0.0601. The summed E-state index contributed by atoms with van der Waals surface area (Å²) in [5, 5.41) is 48.2. The number of nitrogens with two attached hydrogens (primary N) is 2. The smallest absolute Gasteiger partial charge is 0.304 e. The lowest BCUT2D eigenvalue weighted by Crippen LogP contribution is -2.59. The number of hydrogen-bond donors (Lipinski definition) is 14. The number of hydrogen-bond acceptors (Lipinski definition) is 16. The van der Waals surface area contributed by atoms with E-state index in [0.29, 0.717) is 97.7 Å². The number of carboxylic acid groups (broad SMARTS) is 1. The van der Waals surface area contributed by atoms with Crippen molar-refractivity contribution in [1.82, 2.24) is 77.0 Å². The fraction of sp³-hybridized carbons (Fsp3) is 0.441. The summed E-state index contributed by atoms with van der Waals surface area (Å²) in [6.07, 6.45) is 8.06. The molecule has 0 radical (unpaired) electrons. The van der Waals surface area contributed by atoms with E-state index in [9.17, 15) is 62.1 Å². The minimum atomic E-state index is -1.80. The number of aryl methyl sites for hydroxylation is 2. The van der Waals surface area contributed by atoms with Crippen molar-refractivity contribution < 1.29 is 71.7 Å². The van der Waals surface area contributed by atoms with Gasteiger partial charge in [-0.2, -0.15) is 0 Å². The van der Waals surface area contributed by atoms with Crippen LogP contribution in [-0.4, -0.2) is 177 Å². The zero-order chi connectivity index (χ0) is 71.4. The zero-order valence-electron chi connectivity index (χ0n) is 54.9. The third kappa shape index (κ3) is 20.6. The molecule has 1 saturated heterocycles. The average Bonchev–Trinajstić information content (AvgIpc) is 1.63. The van der Waals surface area contributed by atoms with E-state index in [1.54, 1.807) is 10.9 Å². The number of Topliss-reactive ketones (excluding diaryl/α,β-unsaturated/α-hetero) is 1. The Hall–Kier alpha value is -10.9. The Morgan fingerprint density at radius 3 is 1.95 bits per heavy atom. The third-order valence-corrected chi connectivity index (χ3v) is 17.8. The molecule has 7 aromatic rings. The van der Waals surface area contributed by atoms with E-state index in [2.05, 4.69) is 67.5 Å². The number of nitrogens with zero attached hydrogens (tertiary/aromatic N) is 5. The van der Waals surface area contributed by atoms with Gasteiger partial charge in [0.05, 0.1) is 36.9 Å². The highest BCUT2D eigenvalue weighted by molar-refractivity contribution is 6.00. The first kappa shape index (κ1) is 73.3. The molecule has 0 aliphatic carbocycles. The second kappa shape index (κ2) is 35.0. The van der Waals surface area contributed by atoms with Crippen LogP contribution in [0.25, 0.3) is 21.8 Å². The quantitative estimate of drug-likeness (QED) is 0.0647. The Bertz CT molecular complexity index is 4060. The molecule has 0 unspecified atom stereocenters. The molecule has 16 N–H and O–H groups in total. The number of carbonyl (C=O) groups excluding carboxylic acids is 10. The van der Waals surface area contributed by atoms with Gasteiger partial charge < -0.3 is 78.7 Å². The molecule has 0 saturated carbocycles. The van der Waals surface area contributed by atoms with Crippen molar-refractivity contribution in [3.8, 4) is 5.75 Å². The molecule has 3 aromatic carbocycles. The fourth-order valence-corrected chi connectivity index (χ4v) is 12.5. The van der Waals surface area contributed by atoms with Gasteiger partial charge in [0, 0.05) is 104 Å². The molecule has 100 heavy (non-hydrogen) atoms. The molecule has 532 valence electrons. The van der Waals surface area contributed by atoms with Gasteiger partial charge >= 0.3 is 5.97 Å². The van der Waals surface area contributed by atoms with Crippen LogP contribution in [0.4, 0.5) is 8.78 Å². The molecule has 32 heteroatoms. The number of imidazole rings is 1. The number of benzene rings is 3. The predicted molar refractivity (Wildman–Crippen MR) is 356 cm³/mol. The number of amides is 9. The number of aliphatic carboxylic acids is 1. The van der Waals surface area contributed by atoms with Crippen molar-refractivity contribution in [3.05, 3.63) is 131 Å². The Kier molecular flexibility index (Phi) is 25.7. The number of fused-ring (bicyclic) bond motifs is 5. The summed E-state index contributed by atoms with van der Waals surface area (Å²) < 4.78 is 31.4. The van der Waals surface area contributed by atoms with Crippen LogP contribution in [0.3, 0.4) is 0 Å². The maximum absolute atomic E-state index is 15.1. The first-order valence-electron chi connectivity index (χ1n) is 33.3. The minimum Gasteiger partial charge on any atom is -0.508 e. The topological polar surface area (TPSA) is 459 Å². The highest BCUT2D eigenvalue weighted by Gasteiger charge is 2.41. The van der Waals surface area contributed by atoms with Crippen molar-refractivity contribution in [2.24, 2.45) is 17.4 Å². The lowest BCUT2D eigenvalue weighted by Gasteiger charge is -2.31. The Balaban J connectivity index is 1.04. The normalized spacial score (nSPS) is 22.3. The molecule has 1 fully saturated rings. The number of aromatic hydroxyl groups is 1. The van der Waals surface area contributed by atoms with E-state index in [4.69, 9.17) is 11.5 Å². The molecule has 2 aliphatic rings. The van der Waals surface area contributed by atoms with Gasteiger partial charge in [-0.05, 0) is 136 Å². The number of carboxylic acids is 1. The van der Waals surface area contributed by atoms with Crippen LogP contribution < -0.4 is 48.7 Å². The van der Waals surface area contributed by atoms with E-state index in [-0.39, 0.29) is 73.9 Å². The van der Waals surface area contributed by atoms with Gasteiger partial charge in [0.1, 0.15) is 53.6 Å². The Morgan fingerprint density at radius 1 is 0.630 bits per heavy atom. The second-order valence-corrected chi connectivity index (χ2v) is 25.3. The Morgan fingerprint density at radius 2 is 1.29 bits per heavy atom. The van der Waals surface area contributed by atoms with Crippen LogP contribution in [0, 0.1) is 17.6 Å². The molecule has 2 aliphatic heterocycles. The van der Waals surface area contributed by atoms with E-state index >= 15 is 9.59 Å². The molecular formula is C68H83F2N17O13. The largest absolute Gasteiger partial charge is 0.508 e. The van der Waals surface area contributed by atoms with Gasteiger partial charge in [-0.25, -0.2) is 13.8 Å². The number of halogens is 2. The number of carbonyl (C=O) groups is 11. The molecule has 9 amide bonds. The molecule has 8 atom stereocenters. The summed E-state index contributed by atoms with van der Waals surface area (Å²) in [7, 11) is 0. The number of H-pyrrole nitrogens is 3. The van der Waals surface area contributed by atoms with Crippen molar-refractivity contribution in [3.63, 3.8) is 0 Å². The highest BCUT2D eigenvalue weighted by atomic mass is 19.1. The number of unbranched alkanes of at least 4 members (excludes halogenated alkanes) is 1. The van der Waals surface area contributed by atoms with Crippen molar-refractivity contribution in [1.29, 1.82) is 0 Å². The standard InChI is InChI=1S/C68H83F2N17O13/c69-42-15-19-49-47(29-42)40(32-74-49)25-53-58(89)27-39(28-61(92)93)63(95)82-55(31-45-34-73-37-77-45)66(98)83-56(24-38-13-17-46(88)18-14-38)68(100)87-23-7-11-57(87)67(99)80-51(62(72)94)10-6-8-44-36-86(85-84-44)22-5-1-2-12-59(90)78-52(9-3-4-21-71)64(96)76-35-60(91)79-54(65(97)81-53)26-41-33-75-50-20-16-43(70)30-48(41)50/h13-20,29-30,32-34,36-37,39,51-57,74-75,88H,1-12,21-28,31,35,71H2,(H2,72,94)(H,73,77)(H,76,96)(H,78,90)(H,79,91)(H,80,99)(H,81,97)(H,82,95)(H,83,98)(H,92,93)/t39-,51-,52-,53-,54-,55-,56-,57-/m0/s1. The summed E-state index contributed by atoms with van der Waals surface area (Å²) in [5.74, 6) is -13.2. The maximum atomic E-state index is 15.1. The average molecular weight is 1380 g/mol. The van der Waals surface area contributed by atoms with E-state index in [1.165, 1.54) is 90.5 Å². The van der Waals surface area contributed by atoms with Crippen molar-refractivity contribution in [2.75, 3.05) is 19.6 Å². The first-order chi connectivity index (χ1) is 48.1. The molecule has 9 rings (SSSR count). The van der Waals surface area contributed by atoms with E-state index in [0.717, 1.165) is 0 Å². The van der Waals surface area contributed by atoms with Crippen LogP contribution in [0.15, 0.2) is 91.8 Å². The van der Waals surface area contributed by atoms with Gasteiger partial charge in [0.15, 0.2) is 5.78 Å². The predicted octanol–water partition coefficient (Wildman–Crippen LogP) is 1.50. The summed E-state index contributed by atoms with van der Waals surface area (Å²) >= 11 is 0. The number of phenolic OH excluding ortho intramolecular Hbond substituents is 1. The van der Waals surface area contributed by atoms with Gasteiger partial charge in [-0.1, -0.05) is 23.8 Å². The van der Waals surface area contributed by atoms with E-state index < -0.39 is 151 Å². The molecule has 4 aromatic heterocycles. The second-order valence-electron chi connectivity index (χ2n) is 25.3. The molecule has 30 nitrogen and oxygen atoms in total. The fourth-order valence-electron chi connectivity index (χ4n) is 12.5. The maximum Gasteiger partial charge on any atom is 0.304 e. The zero-order valence-corrected chi connectivity index (χ0v) is 54.9. The molecular weight excluding hydrogens is 1300 g/mol. The number of primary amides is 1. The molecule has 6 heterocycles. The summed E-state index contributed by atoms with van der Waals surface area (Å²) in [6, 6.07) is 3.58. The lowest BCUT2D eigenvalue weighted by molar-refractivity contribution is -0.143. The highest BCUT2D eigenvalue weighted by Crippen LogP contribution is 2.26. The van der Waals surface area contributed by atoms with E-state index in [1.807, 2.05) is 0 Å². The number of rotatable bonds is 15. The lowest BCUT2D eigenvalue weighted by atomic mass is 9.91. The van der Waals surface area contributed by atoms with Crippen LogP contribution in [0.2, 0.25) is 0 Å². The van der Waals surface area contributed by atoms with Gasteiger partial charge in [0.25, 0.3) is 0 Å². The van der Waals surface area contributed by atoms with Crippen molar-refractivity contribution >= 4 is 86.7 Å². The molecule has 2 bridgehead atoms. The van der Waals surface area contributed by atoms with Crippen molar-refractivity contribution in [2.45, 2.75) is 164 Å². The monoisotopic (exact) mass is 1380 g/mol. The first-order valence-corrected chi connectivity index (χ1v) is 33.3. The molecule has 0 spiro atoms. The number of aromatic amines is 3. The summed E-state index contributed by atoms with van der Waals surface area (Å²) in [4.78, 5) is 170. The van der Waals surface area contributed by atoms with Crippen LogP contribution in [0.1, 0.15) is 112 Å². The number of phenols is 1. The van der Waals surface area contributed by atoms with Crippen LogP contribution in [0.5, 0.6) is 5.75 Å². The number of nitrogens with one attached hydrogen (secondary N) is 10.